The Morgan fingerprint density at radius 1 is 1.47 bits per heavy atom. The number of ether oxygens (including phenoxy) is 1. The highest BCUT2D eigenvalue weighted by molar-refractivity contribution is 9.10. The van der Waals surface area contributed by atoms with Gasteiger partial charge in [-0.2, -0.15) is 0 Å². The second-order valence-corrected chi connectivity index (χ2v) is 5.78. The highest BCUT2D eigenvalue weighted by atomic mass is 79.9. The first-order valence-corrected chi connectivity index (χ1v) is 6.64. The van der Waals surface area contributed by atoms with Crippen LogP contribution in [0.1, 0.15) is 20.3 Å². The molecule has 5 heteroatoms. The lowest BCUT2D eigenvalue weighted by atomic mass is 9.95. The van der Waals surface area contributed by atoms with Crippen LogP contribution in [0.4, 0.5) is 4.79 Å². The number of halogens is 1. The Kier molecular flexibility index (Phi) is 5.42. The number of carboxylic acid groups (broad SMARTS) is 1. The zero-order valence-electron chi connectivity index (χ0n) is 11.1. The Bertz CT molecular complexity index is 440. The van der Waals surface area contributed by atoms with E-state index in [1.165, 1.54) is 0 Å². The van der Waals surface area contributed by atoms with Crippen molar-refractivity contribution in [1.29, 1.82) is 0 Å². The minimum absolute atomic E-state index is 0.244. The molecule has 0 aliphatic heterocycles. The van der Waals surface area contributed by atoms with Crippen LogP contribution in [0.25, 0.3) is 0 Å². The maximum atomic E-state index is 10.8. The molecule has 1 rings (SSSR count). The van der Waals surface area contributed by atoms with E-state index in [1.807, 2.05) is 31.2 Å². The molecule has 1 unspecified atom stereocenters. The van der Waals surface area contributed by atoms with Gasteiger partial charge in [-0.25, -0.2) is 4.79 Å². The highest BCUT2D eigenvalue weighted by Crippen LogP contribution is 2.20. The number of hydrogen-bond acceptors (Lipinski definition) is 2. The molecule has 0 heterocycles. The van der Waals surface area contributed by atoms with Crippen LogP contribution in [0.3, 0.4) is 0 Å². The molecule has 1 amide bonds. The number of carbonyl (C=O) groups is 1. The van der Waals surface area contributed by atoms with Crippen molar-refractivity contribution in [2.24, 2.45) is 0 Å². The van der Waals surface area contributed by atoms with Crippen LogP contribution in [0.5, 0.6) is 5.75 Å². The van der Waals surface area contributed by atoms with Gasteiger partial charge in [0, 0.05) is 4.47 Å². The molecule has 0 saturated heterocycles. The summed E-state index contributed by atoms with van der Waals surface area (Å²) in [5.41, 5.74) is 0.209. The third-order valence-corrected chi connectivity index (χ3v) is 3.00. The van der Waals surface area contributed by atoms with Gasteiger partial charge >= 0.3 is 6.09 Å². The topological polar surface area (TPSA) is 58.6 Å². The molecule has 104 valence electrons. The third-order valence-electron chi connectivity index (χ3n) is 2.47. The zero-order valence-corrected chi connectivity index (χ0v) is 12.7. The van der Waals surface area contributed by atoms with Gasteiger partial charge in [-0.3, -0.25) is 0 Å². The van der Waals surface area contributed by atoms with Gasteiger partial charge in [0.25, 0.3) is 0 Å². The molecular weight excluding hydrogens is 310 g/mol. The molecule has 0 aliphatic carbocycles. The molecule has 0 spiro atoms. The first-order chi connectivity index (χ1) is 8.81. The number of amides is 1. The van der Waals surface area contributed by atoms with Gasteiger partial charge in [0.05, 0.1) is 5.54 Å². The number of benzene rings is 1. The van der Waals surface area contributed by atoms with Crippen molar-refractivity contribution in [2.45, 2.75) is 25.8 Å². The lowest BCUT2D eigenvalue weighted by molar-refractivity contribution is 0.155. The van der Waals surface area contributed by atoms with E-state index in [0.717, 1.165) is 10.0 Å². The van der Waals surface area contributed by atoms with E-state index in [-0.39, 0.29) is 6.61 Å². The maximum absolute atomic E-state index is 10.8. The lowest BCUT2D eigenvalue weighted by Gasteiger charge is -2.29. The zero-order chi connectivity index (χ0) is 14.5. The molecule has 0 saturated carbocycles. The van der Waals surface area contributed by atoms with Gasteiger partial charge in [0.15, 0.2) is 0 Å². The molecule has 0 aromatic heterocycles. The van der Waals surface area contributed by atoms with Crippen molar-refractivity contribution in [2.75, 3.05) is 6.61 Å². The predicted octanol–water partition coefficient (Wildman–Crippen LogP) is 3.82. The van der Waals surface area contributed by atoms with E-state index in [2.05, 4.69) is 27.8 Å². The molecule has 2 N–H and O–H groups in total. The highest BCUT2D eigenvalue weighted by Gasteiger charge is 2.27. The summed E-state index contributed by atoms with van der Waals surface area (Å²) in [6, 6.07) is 7.39. The lowest BCUT2D eigenvalue weighted by Crippen LogP contribution is -2.50. The molecular formula is C14H18BrNO3. The standard InChI is InChI=1S/C14H18BrNO3/c1-10(2)8-14(3,16-13(17)18)9-19-12-6-4-11(15)5-7-12/h4-7,16H,1,8-9H2,2-3H3,(H,17,18). The van der Waals surface area contributed by atoms with E-state index in [1.54, 1.807) is 6.92 Å². The number of nitrogens with one attached hydrogen (secondary N) is 1. The largest absolute Gasteiger partial charge is 0.491 e. The molecule has 0 aliphatic rings. The van der Waals surface area contributed by atoms with Gasteiger partial charge in [-0.1, -0.05) is 21.5 Å². The first-order valence-electron chi connectivity index (χ1n) is 5.85. The smallest absolute Gasteiger partial charge is 0.405 e. The van der Waals surface area contributed by atoms with Crippen LogP contribution < -0.4 is 10.1 Å². The summed E-state index contributed by atoms with van der Waals surface area (Å²) in [4.78, 5) is 10.8. The van der Waals surface area contributed by atoms with Gasteiger partial charge in [0.1, 0.15) is 12.4 Å². The predicted molar refractivity (Wildman–Crippen MR) is 78.6 cm³/mol. The van der Waals surface area contributed by atoms with Crippen LogP contribution in [-0.4, -0.2) is 23.3 Å². The van der Waals surface area contributed by atoms with E-state index >= 15 is 0 Å². The average Bonchev–Trinajstić information content (AvgIpc) is 2.26. The SMILES string of the molecule is C=C(C)CC(C)(COc1ccc(Br)cc1)NC(=O)O. The summed E-state index contributed by atoms with van der Waals surface area (Å²) in [6.45, 7) is 7.73. The normalized spacial score (nSPS) is 13.4. The minimum atomic E-state index is -1.07. The Labute approximate surface area is 121 Å². The second kappa shape index (κ2) is 6.61. The van der Waals surface area contributed by atoms with Crippen LogP contribution in [0, 0.1) is 0 Å². The Hall–Kier alpha value is -1.49. The van der Waals surface area contributed by atoms with Crippen molar-refractivity contribution in [3.63, 3.8) is 0 Å². The molecule has 1 aromatic rings. The van der Waals surface area contributed by atoms with Gasteiger partial charge < -0.3 is 15.2 Å². The Morgan fingerprint density at radius 2 is 2.05 bits per heavy atom. The second-order valence-electron chi connectivity index (χ2n) is 4.87. The molecule has 0 fully saturated rings. The van der Waals surface area contributed by atoms with E-state index in [9.17, 15) is 4.79 Å². The molecule has 0 radical (unpaired) electrons. The summed E-state index contributed by atoms with van der Waals surface area (Å²) in [5, 5.41) is 11.4. The van der Waals surface area contributed by atoms with Crippen LogP contribution >= 0.6 is 15.9 Å². The van der Waals surface area contributed by atoms with Crippen molar-refractivity contribution in [3.05, 3.63) is 40.9 Å². The summed E-state index contributed by atoms with van der Waals surface area (Å²) < 4.78 is 6.61. The van der Waals surface area contributed by atoms with Gasteiger partial charge in [-0.15, -0.1) is 6.58 Å². The van der Waals surface area contributed by atoms with Crippen LogP contribution in [0.15, 0.2) is 40.9 Å². The van der Waals surface area contributed by atoms with Crippen molar-refractivity contribution >= 4 is 22.0 Å². The van der Waals surface area contributed by atoms with Gasteiger partial charge in [-0.05, 0) is 44.5 Å². The summed E-state index contributed by atoms with van der Waals surface area (Å²) in [5.74, 6) is 0.698. The maximum Gasteiger partial charge on any atom is 0.405 e. The third kappa shape index (κ3) is 5.79. The quantitative estimate of drug-likeness (QED) is 0.781. The fourth-order valence-corrected chi connectivity index (χ4v) is 2.09. The molecule has 19 heavy (non-hydrogen) atoms. The van der Waals surface area contributed by atoms with E-state index in [4.69, 9.17) is 9.84 Å². The molecule has 4 nitrogen and oxygen atoms in total. The minimum Gasteiger partial charge on any atom is -0.491 e. The number of hydrogen-bond donors (Lipinski definition) is 2. The van der Waals surface area contributed by atoms with E-state index in [0.29, 0.717) is 12.2 Å². The number of rotatable bonds is 6. The monoisotopic (exact) mass is 327 g/mol. The van der Waals surface area contributed by atoms with Gasteiger partial charge in [0.2, 0.25) is 0 Å². The molecule has 1 aromatic carbocycles. The summed E-state index contributed by atoms with van der Waals surface area (Å²) >= 11 is 3.34. The fraction of sp³-hybridized carbons (Fsp3) is 0.357. The van der Waals surface area contributed by atoms with Crippen LogP contribution in [-0.2, 0) is 0 Å². The summed E-state index contributed by atoms with van der Waals surface area (Å²) in [6.07, 6.45) is -0.543. The fourth-order valence-electron chi connectivity index (χ4n) is 1.83. The molecule has 0 bridgehead atoms. The Balaban J connectivity index is 2.69. The van der Waals surface area contributed by atoms with Crippen molar-refractivity contribution < 1.29 is 14.6 Å². The first kappa shape index (κ1) is 15.6. The average molecular weight is 328 g/mol. The summed E-state index contributed by atoms with van der Waals surface area (Å²) in [7, 11) is 0. The Morgan fingerprint density at radius 3 is 2.53 bits per heavy atom. The van der Waals surface area contributed by atoms with E-state index < -0.39 is 11.6 Å². The molecule has 1 atom stereocenters. The van der Waals surface area contributed by atoms with Crippen LogP contribution in [0.2, 0.25) is 0 Å². The van der Waals surface area contributed by atoms with Crippen molar-refractivity contribution in [3.8, 4) is 5.75 Å². The van der Waals surface area contributed by atoms with Crippen molar-refractivity contribution in [1.82, 2.24) is 5.32 Å².